The maximum absolute atomic E-state index is 12.8. The van der Waals surface area contributed by atoms with E-state index >= 15 is 0 Å². The molecule has 0 spiro atoms. The number of hydrogen-bond acceptors (Lipinski definition) is 8. The number of rotatable bonds is 4. The average molecular weight is 380 g/mol. The first-order chi connectivity index (χ1) is 13.7. The summed E-state index contributed by atoms with van der Waals surface area (Å²) < 4.78 is 6.97. The van der Waals surface area contributed by atoms with Gasteiger partial charge >= 0.3 is 0 Å². The van der Waals surface area contributed by atoms with Gasteiger partial charge in [0.25, 0.3) is 5.91 Å². The van der Waals surface area contributed by atoms with Crippen LogP contribution in [-0.4, -0.2) is 73.6 Å². The molecular weight excluding hydrogens is 360 g/mol. The zero-order valence-electron chi connectivity index (χ0n) is 15.5. The van der Waals surface area contributed by atoms with Gasteiger partial charge in [0, 0.05) is 44.1 Å². The molecule has 10 nitrogen and oxygen atoms in total. The van der Waals surface area contributed by atoms with Gasteiger partial charge in [-0.15, -0.1) is 25.5 Å². The molecule has 0 bridgehead atoms. The molecule has 0 N–H and O–H groups in total. The molecule has 0 aromatic carbocycles. The molecule has 2 saturated heterocycles. The number of ether oxygens (including phenoxy) is 1. The Morgan fingerprint density at radius 3 is 2.61 bits per heavy atom. The predicted molar refractivity (Wildman–Crippen MR) is 99.1 cm³/mol. The molecule has 3 aromatic rings. The van der Waals surface area contributed by atoms with Crippen LogP contribution in [0.3, 0.4) is 0 Å². The van der Waals surface area contributed by atoms with Gasteiger partial charge in [0.05, 0.1) is 6.61 Å². The van der Waals surface area contributed by atoms with Crippen LogP contribution < -0.4 is 9.64 Å². The predicted octanol–water partition coefficient (Wildman–Crippen LogP) is 0.521. The van der Waals surface area contributed by atoms with E-state index in [0.717, 1.165) is 37.6 Å². The minimum Gasteiger partial charge on any atom is -0.477 e. The zero-order chi connectivity index (χ0) is 19.1. The molecule has 3 aromatic heterocycles. The smallest absolute Gasteiger partial charge is 0.274 e. The van der Waals surface area contributed by atoms with Crippen molar-refractivity contribution in [1.82, 2.24) is 34.9 Å². The SMILES string of the molecule is CCOc1ccc(C(=O)N2CC3CN(c4ccc5nncn5n4)CC3C2)nn1. The lowest BCUT2D eigenvalue weighted by atomic mass is 10.0. The first-order valence-electron chi connectivity index (χ1n) is 9.39. The van der Waals surface area contributed by atoms with Gasteiger partial charge in [-0.1, -0.05) is 0 Å². The van der Waals surface area contributed by atoms with Crippen LogP contribution in [-0.2, 0) is 0 Å². The third kappa shape index (κ3) is 2.90. The van der Waals surface area contributed by atoms with Crippen molar-refractivity contribution in [2.45, 2.75) is 6.92 Å². The maximum atomic E-state index is 12.8. The number of aromatic nitrogens is 6. The van der Waals surface area contributed by atoms with Crippen LogP contribution in [0.2, 0.25) is 0 Å². The number of carbonyl (C=O) groups is 1. The van der Waals surface area contributed by atoms with Crippen molar-refractivity contribution in [3.63, 3.8) is 0 Å². The first kappa shape index (κ1) is 16.8. The zero-order valence-corrected chi connectivity index (χ0v) is 15.5. The fraction of sp³-hybridized carbons (Fsp3) is 0.444. The topological polar surface area (TPSA) is 102 Å². The minimum absolute atomic E-state index is 0.0690. The Kier molecular flexibility index (Phi) is 4.03. The summed E-state index contributed by atoms with van der Waals surface area (Å²) in [5, 5.41) is 20.4. The van der Waals surface area contributed by atoms with E-state index in [4.69, 9.17) is 4.74 Å². The fourth-order valence-corrected chi connectivity index (χ4v) is 4.05. The van der Waals surface area contributed by atoms with Gasteiger partial charge in [-0.05, 0) is 25.1 Å². The molecule has 5 heterocycles. The number of carbonyl (C=O) groups excluding carboxylic acids is 1. The monoisotopic (exact) mass is 380 g/mol. The van der Waals surface area contributed by atoms with E-state index in [9.17, 15) is 4.79 Å². The van der Waals surface area contributed by atoms with Crippen molar-refractivity contribution in [1.29, 1.82) is 0 Å². The molecular formula is C18H20N8O2. The van der Waals surface area contributed by atoms with E-state index in [2.05, 4.69) is 30.4 Å². The summed E-state index contributed by atoms with van der Waals surface area (Å²) in [7, 11) is 0. The summed E-state index contributed by atoms with van der Waals surface area (Å²) in [6, 6.07) is 7.27. The molecule has 144 valence electrons. The highest BCUT2D eigenvalue weighted by atomic mass is 16.5. The summed E-state index contributed by atoms with van der Waals surface area (Å²) in [5.41, 5.74) is 1.09. The first-order valence-corrected chi connectivity index (χ1v) is 9.39. The van der Waals surface area contributed by atoms with Crippen LogP contribution in [0.25, 0.3) is 5.65 Å². The standard InChI is InChI=1S/C18H20N8O2/c1-2-28-17-6-3-14(20-22-17)18(27)25-9-12-7-24(8-13(12)10-25)16-5-4-15-21-19-11-26(15)23-16/h3-6,11-13H,2,7-10H2,1H3. The van der Waals surface area contributed by atoms with E-state index in [-0.39, 0.29) is 5.91 Å². The second-order valence-corrected chi connectivity index (χ2v) is 7.15. The van der Waals surface area contributed by atoms with Crippen molar-refractivity contribution in [2.24, 2.45) is 11.8 Å². The Hall–Kier alpha value is -3.30. The van der Waals surface area contributed by atoms with Gasteiger partial charge in [-0.25, -0.2) is 0 Å². The van der Waals surface area contributed by atoms with Crippen LogP contribution >= 0.6 is 0 Å². The van der Waals surface area contributed by atoms with Crippen molar-refractivity contribution >= 4 is 17.4 Å². The molecule has 2 aliphatic heterocycles. The van der Waals surface area contributed by atoms with Gasteiger partial charge in [0.2, 0.25) is 5.88 Å². The third-order valence-electron chi connectivity index (χ3n) is 5.40. The summed E-state index contributed by atoms with van der Waals surface area (Å²) >= 11 is 0. The highest BCUT2D eigenvalue weighted by molar-refractivity contribution is 5.92. The molecule has 5 rings (SSSR count). The van der Waals surface area contributed by atoms with Gasteiger partial charge in [0.1, 0.15) is 12.1 Å². The van der Waals surface area contributed by atoms with Crippen LogP contribution in [0.1, 0.15) is 17.4 Å². The number of nitrogens with zero attached hydrogens (tertiary/aromatic N) is 8. The summed E-state index contributed by atoms with van der Waals surface area (Å²) in [6.07, 6.45) is 1.61. The van der Waals surface area contributed by atoms with Crippen LogP contribution in [0, 0.1) is 11.8 Å². The summed E-state index contributed by atoms with van der Waals surface area (Å²) in [4.78, 5) is 16.9. The molecule has 2 unspecified atom stereocenters. The number of amides is 1. The van der Waals surface area contributed by atoms with Crippen molar-refractivity contribution < 1.29 is 9.53 Å². The highest BCUT2D eigenvalue weighted by Crippen LogP contribution is 2.33. The lowest BCUT2D eigenvalue weighted by Crippen LogP contribution is -2.34. The molecule has 2 fully saturated rings. The van der Waals surface area contributed by atoms with Gasteiger partial charge in [-0.2, -0.15) is 4.52 Å². The average Bonchev–Trinajstić information content (AvgIpc) is 3.42. The lowest BCUT2D eigenvalue weighted by Gasteiger charge is -2.22. The van der Waals surface area contributed by atoms with Gasteiger partial charge in [0.15, 0.2) is 11.3 Å². The molecule has 28 heavy (non-hydrogen) atoms. The Balaban J connectivity index is 1.24. The molecule has 1 amide bonds. The summed E-state index contributed by atoms with van der Waals surface area (Å²) in [5.74, 6) is 2.14. The number of likely N-dealkylation sites (tertiary alicyclic amines) is 1. The van der Waals surface area contributed by atoms with Crippen LogP contribution in [0.4, 0.5) is 5.82 Å². The Morgan fingerprint density at radius 2 is 1.89 bits per heavy atom. The molecule has 0 radical (unpaired) electrons. The number of hydrogen-bond donors (Lipinski definition) is 0. The van der Waals surface area contributed by atoms with E-state index < -0.39 is 0 Å². The van der Waals surface area contributed by atoms with E-state index in [1.807, 2.05) is 24.0 Å². The molecule has 0 aliphatic carbocycles. The molecule has 2 aliphatic rings. The lowest BCUT2D eigenvalue weighted by molar-refractivity contribution is 0.0775. The minimum atomic E-state index is -0.0690. The second kappa shape index (κ2) is 6.70. The van der Waals surface area contributed by atoms with Gasteiger partial charge in [-0.3, -0.25) is 4.79 Å². The largest absolute Gasteiger partial charge is 0.477 e. The van der Waals surface area contributed by atoms with E-state index in [1.54, 1.807) is 23.0 Å². The third-order valence-corrected chi connectivity index (χ3v) is 5.40. The van der Waals surface area contributed by atoms with E-state index in [0.29, 0.717) is 30.0 Å². The Bertz CT molecular complexity index is 990. The molecule has 0 saturated carbocycles. The maximum Gasteiger partial charge on any atom is 0.274 e. The van der Waals surface area contributed by atoms with Crippen molar-refractivity contribution in [2.75, 3.05) is 37.7 Å². The van der Waals surface area contributed by atoms with Crippen molar-refractivity contribution in [3.05, 3.63) is 36.3 Å². The molecule has 2 atom stereocenters. The Labute approximate surface area is 161 Å². The summed E-state index contributed by atoms with van der Waals surface area (Å²) in [6.45, 7) is 5.61. The normalized spacial score (nSPS) is 21.3. The molecule has 10 heteroatoms. The number of fused-ring (bicyclic) bond motifs is 2. The second-order valence-electron chi connectivity index (χ2n) is 7.15. The Morgan fingerprint density at radius 1 is 1.07 bits per heavy atom. The van der Waals surface area contributed by atoms with E-state index in [1.165, 1.54) is 0 Å². The van der Waals surface area contributed by atoms with Gasteiger partial charge < -0.3 is 14.5 Å². The quantitative estimate of drug-likeness (QED) is 0.646. The van der Waals surface area contributed by atoms with Crippen LogP contribution in [0.5, 0.6) is 5.88 Å². The van der Waals surface area contributed by atoms with Crippen molar-refractivity contribution in [3.8, 4) is 5.88 Å². The number of anilines is 1. The fourth-order valence-electron chi connectivity index (χ4n) is 4.05. The highest BCUT2D eigenvalue weighted by Gasteiger charge is 2.42. The van der Waals surface area contributed by atoms with Crippen LogP contribution in [0.15, 0.2) is 30.6 Å².